The van der Waals surface area contributed by atoms with Gasteiger partial charge in [-0.05, 0) is 36.4 Å². The van der Waals surface area contributed by atoms with Crippen molar-refractivity contribution >= 4 is 33.8 Å². The summed E-state index contributed by atoms with van der Waals surface area (Å²) in [4.78, 5) is 24.0. The molecule has 5 nitrogen and oxygen atoms in total. The van der Waals surface area contributed by atoms with Crippen molar-refractivity contribution in [2.45, 2.75) is 0 Å². The molecular formula is C19H16BrFO5. The fraction of sp³-hybridized carbons (Fsp3) is 0.158. The SMILES string of the molecule is COc1ccc(C(=O)COC(=O)/C=C/c2cc(Br)ccc2F)c(OC)c1. The Bertz CT molecular complexity index is 848. The van der Waals surface area contributed by atoms with Crippen LogP contribution in [-0.4, -0.2) is 32.6 Å². The summed E-state index contributed by atoms with van der Waals surface area (Å²) in [7, 11) is 2.92. The van der Waals surface area contributed by atoms with E-state index in [1.165, 1.54) is 38.5 Å². The lowest BCUT2D eigenvalue weighted by molar-refractivity contribution is -0.136. The molecule has 136 valence electrons. The van der Waals surface area contributed by atoms with Crippen LogP contribution in [0.5, 0.6) is 11.5 Å². The molecule has 0 saturated heterocycles. The standard InChI is InChI=1S/C19H16BrFO5/c1-24-14-5-6-15(18(10-14)25-2)17(22)11-26-19(23)8-3-12-9-13(20)4-7-16(12)21/h3-10H,11H2,1-2H3/b8-3+. The van der Waals surface area contributed by atoms with Crippen molar-refractivity contribution in [3.05, 3.63) is 63.9 Å². The Kier molecular flexibility index (Phi) is 6.91. The third kappa shape index (κ3) is 5.16. The molecule has 0 fully saturated rings. The Labute approximate surface area is 158 Å². The van der Waals surface area contributed by atoms with Gasteiger partial charge >= 0.3 is 5.97 Å². The summed E-state index contributed by atoms with van der Waals surface area (Å²) in [5.41, 5.74) is 0.489. The molecule has 0 aliphatic rings. The maximum Gasteiger partial charge on any atom is 0.331 e. The topological polar surface area (TPSA) is 61.8 Å². The first-order valence-corrected chi connectivity index (χ1v) is 8.29. The van der Waals surface area contributed by atoms with Crippen molar-refractivity contribution in [1.82, 2.24) is 0 Å². The largest absolute Gasteiger partial charge is 0.497 e. The van der Waals surface area contributed by atoms with Gasteiger partial charge in [-0.2, -0.15) is 0 Å². The molecule has 26 heavy (non-hydrogen) atoms. The van der Waals surface area contributed by atoms with E-state index in [0.717, 1.165) is 6.08 Å². The van der Waals surface area contributed by atoms with E-state index >= 15 is 0 Å². The highest BCUT2D eigenvalue weighted by atomic mass is 79.9. The van der Waals surface area contributed by atoms with Crippen molar-refractivity contribution in [1.29, 1.82) is 0 Å². The Balaban J connectivity index is 2.00. The molecule has 0 heterocycles. The van der Waals surface area contributed by atoms with Crippen molar-refractivity contribution in [3.8, 4) is 11.5 Å². The van der Waals surface area contributed by atoms with Gasteiger partial charge in [-0.15, -0.1) is 0 Å². The summed E-state index contributed by atoms with van der Waals surface area (Å²) in [6.07, 6.45) is 2.34. The van der Waals surface area contributed by atoms with E-state index in [-0.39, 0.29) is 11.1 Å². The molecule has 0 atom stereocenters. The second-order valence-electron chi connectivity index (χ2n) is 5.10. The minimum Gasteiger partial charge on any atom is -0.497 e. The quantitative estimate of drug-likeness (QED) is 0.382. The third-order valence-electron chi connectivity index (χ3n) is 3.41. The van der Waals surface area contributed by atoms with Gasteiger partial charge in [-0.1, -0.05) is 15.9 Å². The van der Waals surface area contributed by atoms with Crippen molar-refractivity contribution < 1.29 is 28.2 Å². The molecule has 0 unspecified atom stereocenters. The van der Waals surface area contributed by atoms with Crippen molar-refractivity contribution in [3.63, 3.8) is 0 Å². The zero-order valence-electron chi connectivity index (χ0n) is 14.1. The zero-order chi connectivity index (χ0) is 19.1. The first-order valence-electron chi connectivity index (χ1n) is 7.49. The normalized spacial score (nSPS) is 10.6. The van der Waals surface area contributed by atoms with Gasteiger partial charge in [0.2, 0.25) is 5.78 Å². The van der Waals surface area contributed by atoms with Crippen molar-refractivity contribution in [2.24, 2.45) is 0 Å². The first kappa shape index (κ1) is 19.7. The van der Waals surface area contributed by atoms with Crippen molar-refractivity contribution in [2.75, 3.05) is 20.8 Å². The molecule has 7 heteroatoms. The summed E-state index contributed by atoms with van der Waals surface area (Å²) in [5.74, 6) is -0.812. The molecule has 2 aromatic carbocycles. The Morgan fingerprint density at radius 1 is 1.12 bits per heavy atom. The molecule has 0 radical (unpaired) electrons. The van der Waals surface area contributed by atoms with Gasteiger partial charge in [0.1, 0.15) is 17.3 Å². The van der Waals surface area contributed by atoms with Crippen LogP contribution in [-0.2, 0) is 9.53 Å². The fourth-order valence-corrected chi connectivity index (χ4v) is 2.47. The van der Waals surface area contributed by atoms with Gasteiger partial charge < -0.3 is 14.2 Å². The van der Waals surface area contributed by atoms with Gasteiger partial charge in [-0.25, -0.2) is 9.18 Å². The predicted octanol–water partition coefficient (Wildman–Crippen LogP) is 4.04. The first-order chi connectivity index (χ1) is 12.4. The lowest BCUT2D eigenvalue weighted by Gasteiger charge is -2.09. The molecule has 0 aliphatic heterocycles. The van der Waals surface area contributed by atoms with Crippen LogP contribution in [0, 0.1) is 5.82 Å². The number of Topliss-reactive ketones (excluding diaryl/α,β-unsaturated/α-hetero) is 1. The third-order valence-corrected chi connectivity index (χ3v) is 3.90. The summed E-state index contributed by atoms with van der Waals surface area (Å²) < 4.78 is 29.4. The zero-order valence-corrected chi connectivity index (χ0v) is 15.7. The van der Waals surface area contributed by atoms with Gasteiger partial charge in [0.15, 0.2) is 6.61 Å². The number of hydrogen-bond acceptors (Lipinski definition) is 5. The van der Waals surface area contributed by atoms with E-state index in [4.69, 9.17) is 14.2 Å². The van der Waals surface area contributed by atoms with Crippen LogP contribution in [0.1, 0.15) is 15.9 Å². The number of ether oxygens (including phenoxy) is 3. The monoisotopic (exact) mass is 422 g/mol. The van der Waals surface area contributed by atoms with Crippen LogP contribution < -0.4 is 9.47 Å². The summed E-state index contributed by atoms with van der Waals surface area (Å²) in [6, 6.07) is 9.03. The van der Waals surface area contributed by atoms with E-state index in [0.29, 0.717) is 16.0 Å². The highest BCUT2D eigenvalue weighted by Crippen LogP contribution is 2.25. The molecule has 0 aromatic heterocycles. The number of methoxy groups -OCH3 is 2. The molecule has 0 spiro atoms. The van der Waals surface area contributed by atoms with E-state index in [2.05, 4.69) is 15.9 Å². The smallest absolute Gasteiger partial charge is 0.331 e. The fourth-order valence-electron chi connectivity index (χ4n) is 2.09. The highest BCUT2D eigenvalue weighted by Gasteiger charge is 2.15. The number of benzene rings is 2. The second-order valence-corrected chi connectivity index (χ2v) is 6.01. The summed E-state index contributed by atoms with van der Waals surface area (Å²) in [5, 5.41) is 0. The maximum atomic E-state index is 13.6. The van der Waals surface area contributed by atoms with Gasteiger partial charge in [-0.3, -0.25) is 4.79 Å². The van der Waals surface area contributed by atoms with Crippen LogP contribution in [0.4, 0.5) is 4.39 Å². The number of carbonyl (C=O) groups excluding carboxylic acids is 2. The van der Waals surface area contributed by atoms with Gasteiger partial charge in [0.05, 0.1) is 19.8 Å². The van der Waals surface area contributed by atoms with Crippen LogP contribution in [0.15, 0.2) is 46.9 Å². The molecule has 0 aliphatic carbocycles. The lowest BCUT2D eigenvalue weighted by Crippen LogP contribution is -2.13. The van der Waals surface area contributed by atoms with Gasteiger partial charge in [0.25, 0.3) is 0 Å². The Hall–Kier alpha value is -2.67. The average Bonchev–Trinajstić information content (AvgIpc) is 2.66. The van der Waals surface area contributed by atoms with E-state index in [9.17, 15) is 14.0 Å². The summed E-state index contributed by atoms with van der Waals surface area (Å²) >= 11 is 3.22. The number of carbonyl (C=O) groups is 2. The van der Waals surface area contributed by atoms with E-state index in [1.807, 2.05) is 0 Å². The second kappa shape index (κ2) is 9.15. The molecule has 0 bridgehead atoms. The minimum absolute atomic E-state index is 0.222. The van der Waals surface area contributed by atoms with E-state index in [1.54, 1.807) is 18.2 Å². The van der Waals surface area contributed by atoms with E-state index < -0.39 is 24.2 Å². The highest BCUT2D eigenvalue weighted by molar-refractivity contribution is 9.10. The number of halogens is 2. The molecule has 0 N–H and O–H groups in total. The molecule has 2 rings (SSSR count). The number of rotatable bonds is 7. The average molecular weight is 423 g/mol. The Morgan fingerprint density at radius 3 is 2.58 bits per heavy atom. The predicted molar refractivity (Wildman–Crippen MR) is 98.0 cm³/mol. The number of hydrogen-bond donors (Lipinski definition) is 0. The van der Waals surface area contributed by atoms with Gasteiger partial charge in [0, 0.05) is 22.2 Å². The lowest BCUT2D eigenvalue weighted by atomic mass is 10.1. The summed E-state index contributed by atoms with van der Waals surface area (Å²) in [6.45, 7) is -0.465. The number of ketones is 1. The minimum atomic E-state index is -0.759. The van der Waals surface area contributed by atoms with Crippen LogP contribution in [0.3, 0.4) is 0 Å². The number of esters is 1. The van der Waals surface area contributed by atoms with Crippen LogP contribution in [0.2, 0.25) is 0 Å². The molecule has 2 aromatic rings. The Morgan fingerprint density at radius 2 is 1.88 bits per heavy atom. The molecule has 0 amide bonds. The van der Waals surface area contributed by atoms with Crippen LogP contribution in [0.25, 0.3) is 6.08 Å². The van der Waals surface area contributed by atoms with Crippen LogP contribution >= 0.6 is 15.9 Å². The maximum absolute atomic E-state index is 13.6. The molecular weight excluding hydrogens is 407 g/mol. The molecule has 0 saturated carbocycles.